The van der Waals surface area contributed by atoms with Gasteiger partial charge in [0.2, 0.25) is 5.91 Å². The number of nitrogens with one attached hydrogen (secondary N) is 1. The van der Waals surface area contributed by atoms with Gasteiger partial charge in [-0.05, 0) is 38.5 Å². The number of carbonyl (C=O) groups excluding carboxylic acids is 1. The summed E-state index contributed by atoms with van der Waals surface area (Å²) >= 11 is 0. The molecule has 1 atom stereocenters. The van der Waals surface area contributed by atoms with Crippen molar-refractivity contribution < 1.29 is 9.90 Å². The van der Waals surface area contributed by atoms with Gasteiger partial charge in [0.1, 0.15) is 0 Å². The lowest BCUT2D eigenvalue weighted by atomic mass is 10.1. The number of rotatable bonds is 17. The van der Waals surface area contributed by atoms with Crippen LogP contribution >= 0.6 is 0 Å². The summed E-state index contributed by atoms with van der Waals surface area (Å²) in [5, 5.41) is 12.1. The number of amides is 1. The van der Waals surface area contributed by atoms with Gasteiger partial charge >= 0.3 is 0 Å². The van der Waals surface area contributed by atoms with Crippen LogP contribution in [-0.2, 0) is 4.79 Å². The number of aliphatic hydroxyl groups excluding tert-OH is 1. The third-order valence-corrected chi connectivity index (χ3v) is 4.39. The monoisotopic (exact) mass is 339 g/mol. The molecule has 142 valence electrons. The van der Waals surface area contributed by atoms with Crippen LogP contribution in [0.2, 0.25) is 0 Å². The summed E-state index contributed by atoms with van der Waals surface area (Å²) in [5.74, 6) is 0.0912. The summed E-state index contributed by atoms with van der Waals surface area (Å²) in [6, 6.07) is -0.0590. The maximum Gasteiger partial charge on any atom is 0.220 e. The standard InChI is InChI=1S/C21H41NO2/c1-3-5-6-7-8-9-10-11-12-13-14-15-16-18-21(24)22-20(19-23)17-4-2/h9-10,20,23H,3-8,11-19H2,1-2H3,(H,22,24). The molecule has 0 fully saturated rings. The maximum atomic E-state index is 11.8. The highest BCUT2D eigenvalue weighted by molar-refractivity contribution is 5.76. The zero-order chi connectivity index (χ0) is 17.9. The fourth-order valence-electron chi connectivity index (χ4n) is 2.86. The van der Waals surface area contributed by atoms with E-state index in [9.17, 15) is 4.79 Å². The fraction of sp³-hybridized carbons (Fsp3) is 0.857. The SMILES string of the molecule is CCCCCCC=CCCCCCCCC(=O)NC(CO)CCC. The van der Waals surface area contributed by atoms with Crippen LogP contribution in [0.1, 0.15) is 104 Å². The Balaban J connectivity index is 3.35. The maximum absolute atomic E-state index is 11.8. The predicted octanol–water partition coefficient (Wildman–Crippen LogP) is 5.52. The van der Waals surface area contributed by atoms with E-state index in [0.717, 1.165) is 25.7 Å². The van der Waals surface area contributed by atoms with E-state index in [0.29, 0.717) is 6.42 Å². The molecule has 1 unspecified atom stereocenters. The van der Waals surface area contributed by atoms with Crippen LogP contribution in [0.3, 0.4) is 0 Å². The van der Waals surface area contributed by atoms with Crippen molar-refractivity contribution in [2.75, 3.05) is 6.61 Å². The molecule has 0 rings (SSSR count). The van der Waals surface area contributed by atoms with Gasteiger partial charge in [0.05, 0.1) is 12.6 Å². The highest BCUT2D eigenvalue weighted by atomic mass is 16.3. The van der Waals surface area contributed by atoms with Crippen molar-refractivity contribution in [3.8, 4) is 0 Å². The minimum atomic E-state index is -0.0590. The second-order valence-electron chi connectivity index (χ2n) is 6.86. The zero-order valence-electron chi connectivity index (χ0n) is 16.2. The van der Waals surface area contributed by atoms with Crippen molar-refractivity contribution in [3.05, 3.63) is 12.2 Å². The smallest absolute Gasteiger partial charge is 0.220 e. The molecule has 0 radical (unpaired) electrons. The van der Waals surface area contributed by atoms with Gasteiger partial charge in [-0.2, -0.15) is 0 Å². The molecule has 1 amide bonds. The molecule has 0 saturated heterocycles. The number of hydrogen-bond donors (Lipinski definition) is 2. The van der Waals surface area contributed by atoms with Gasteiger partial charge in [0.15, 0.2) is 0 Å². The molecule has 0 aliphatic rings. The lowest BCUT2D eigenvalue weighted by Gasteiger charge is -2.15. The highest BCUT2D eigenvalue weighted by Crippen LogP contribution is 2.09. The molecule has 0 aromatic rings. The van der Waals surface area contributed by atoms with E-state index in [1.165, 1.54) is 57.8 Å². The first-order chi connectivity index (χ1) is 11.7. The van der Waals surface area contributed by atoms with Crippen molar-refractivity contribution in [2.24, 2.45) is 0 Å². The number of allylic oxidation sites excluding steroid dienone is 2. The molecule has 3 nitrogen and oxygen atoms in total. The summed E-state index contributed by atoms with van der Waals surface area (Å²) in [6.07, 6.45) is 20.8. The Hall–Kier alpha value is -0.830. The zero-order valence-corrected chi connectivity index (χ0v) is 16.2. The van der Waals surface area contributed by atoms with E-state index in [1.54, 1.807) is 0 Å². The van der Waals surface area contributed by atoms with E-state index in [-0.39, 0.29) is 18.6 Å². The third-order valence-electron chi connectivity index (χ3n) is 4.39. The molecule has 0 aliphatic heterocycles. The van der Waals surface area contributed by atoms with E-state index < -0.39 is 0 Å². The van der Waals surface area contributed by atoms with Gasteiger partial charge in [-0.1, -0.05) is 70.9 Å². The van der Waals surface area contributed by atoms with E-state index in [1.807, 2.05) is 0 Å². The van der Waals surface area contributed by atoms with Crippen LogP contribution in [0, 0.1) is 0 Å². The molecular weight excluding hydrogens is 298 g/mol. The Bertz CT molecular complexity index is 302. The van der Waals surface area contributed by atoms with Crippen LogP contribution in [0.25, 0.3) is 0 Å². The van der Waals surface area contributed by atoms with Crippen LogP contribution in [-0.4, -0.2) is 23.7 Å². The topological polar surface area (TPSA) is 49.3 Å². The molecule has 0 heterocycles. The van der Waals surface area contributed by atoms with Crippen molar-refractivity contribution in [3.63, 3.8) is 0 Å². The third kappa shape index (κ3) is 16.0. The Labute approximate surface area is 150 Å². The Kier molecular flexibility index (Phi) is 17.9. The van der Waals surface area contributed by atoms with Crippen LogP contribution < -0.4 is 5.32 Å². The van der Waals surface area contributed by atoms with Crippen molar-refractivity contribution in [1.82, 2.24) is 5.32 Å². The average Bonchev–Trinajstić information content (AvgIpc) is 2.58. The molecule has 0 saturated carbocycles. The second kappa shape index (κ2) is 18.5. The summed E-state index contributed by atoms with van der Waals surface area (Å²) in [5.41, 5.74) is 0. The van der Waals surface area contributed by atoms with Crippen molar-refractivity contribution >= 4 is 5.91 Å². The minimum Gasteiger partial charge on any atom is -0.394 e. The van der Waals surface area contributed by atoms with E-state index in [4.69, 9.17) is 5.11 Å². The molecule has 0 aliphatic carbocycles. The quantitative estimate of drug-likeness (QED) is 0.271. The number of hydrogen-bond acceptors (Lipinski definition) is 2. The fourth-order valence-corrected chi connectivity index (χ4v) is 2.86. The van der Waals surface area contributed by atoms with Crippen LogP contribution in [0.4, 0.5) is 0 Å². The number of unbranched alkanes of at least 4 members (excludes halogenated alkanes) is 9. The molecule has 0 aromatic heterocycles. The summed E-state index contributed by atoms with van der Waals surface area (Å²) in [4.78, 5) is 11.8. The number of carbonyl (C=O) groups is 1. The van der Waals surface area contributed by atoms with Gasteiger partial charge in [-0.25, -0.2) is 0 Å². The van der Waals surface area contributed by atoms with Gasteiger partial charge < -0.3 is 10.4 Å². The summed E-state index contributed by atoms with van der Waals surface area (Å²) < 4.78 is 0. The minimum absolute atomic E-state index is 0.0473. The highest BCUT2D eigenvalue weighted by Gasteiger charge is 2.09. The Morgan fingerprint density at radius 2 is 1.46 bits per heavy atom. The van der Waals surface area contributed by atoms with Crippen LogP contribution in [0.5, 0.6) is 0 Å². The molecular formula is C21H41NO2. The van der Waals surface area contributed by atoms with Crippen LogP contribution in [0.15, 0.2) is 12.2 Å². The van der Waals surface area contributed by atoms with Gasteiger partial charge in [0.25, 0.3) is 0 Å². The normalized spacial score (nSPS) is 12.6. The molecule has 24 heavy (non-hydrogen) atoms. The van der Waals surface area contributed by atoms with Gasteiger partial charge in [0, 0.05) is 6.42 Å². The first-order valence-electron chi connectivity index (χ1n) is 10.3. The predicted molar refractivity (Wildman–Crippen MR) is 104 cm³/mol. The van der Waals surface area contributed by atoms with Crippen molar-refractivity contribution in [1.29, 1.82) is 0 Å². The molecule has 0 spiro atoms. The molecule has 2 N–H and O–H groups in total. The van der Waals surface area contributed by atoms with Gasteiger partial charge in [-0.15, -0.1) is 0 Å². The van der Waals surface area contributed by atoms with E-state index >= 15 is 0 Å². The molecule has 3 heteroatoms. The van der Waals surface area contributed by atoms with E-state index in [2.05, 4.69) is 31.3 Å². The van der Waals surface area contributed by atoms with Crippen molar-refractivity contribution in [2.45, 2.75) is 110 Å². The molecule has 0 bridgehead atoms. The average molecular weight is 340 g/mol. The second-order valence-corrected chi connectivity index (χ2v) is 6.86. The Morgan fingerprint density at radius 3 is 2.04 bits per heavy atom. The lowest BCUT2D eigenvalue weighted by Crippen LogP contribution is -2.37. The summed E-state index contributed by atoms with van der Waals surface area (Å²) in [7, 11) is 0. The van der Waals surface area contributed by atoms with Gasteiger partial charge in [-0.3, -0.25) is 4.79 Å². The largest absolute Gasteiger partial charge is 0.394 e. The summed E-state index contributed by atoms with van der Waals surface area (Å²) in [6.45, 7) is 4.36. The lowest BCUT2D eigenvalue weighted by molar-refractivity contribution is -0.122. The molecule has 0 aromatic carbocycles. The first-order valence-corrected chi connectivity index (χ1v) is 10.3. The number of aliphatic hydroxyl groups is 1. The first kappa shape index (κ1) is 23.2. The Morgan fingerprint density at radius 1 is 0.875 bits per heavy atom.